The van der Waals surface area contributed by atoms with Gasteiger partial charge in [-0.3, -0.25) is 0 Å². The molecule has 0 saturated carbocycles. The topological polar surface area (TPSA) is 43.8 Å². The van der Waals surface area contributed by atoms with E-state index < -0.39 is 0 Å². The first-order valence-corrected chi connectivity index (χ1v) is 7.18. The Kier molecular flexibility index (Phi) is 3.77. The van der Waals surface area contributed by atoms with Gasteiger partial charge in [0.15, 0.2) is 0 Å². The maximum atomic E-state index is 6.11. The number of nitrogens with zero attached hydrogens (tertiary/aromatic N) is 2. The minimum Gasteiger partial charge on any atom is -0.383 e. The van der Waals surface area contributed by atoms with Crippen molar-refractivity contribution in [1.82, 2.24) is 9.78 Å². The van der Waals surface area contributed by atoms with Gasteiger partial charge in [-0.25, -0.2) is 4.68 Å². The van der Waals surface area contributed by atoms with Gasteiger partial charge in [0, 0.05) is 4.47 Å². The van der Waals surface area contributed by atoms with Crippen LogP contribution in [0, 0.1) is 3.57 Å². The summed E-state index contributed by atoms with van der Waals surface area (Å²) in [7, 11) is 0. The van der Waals surface area contributed by atoms with Crippen LogP contribution in [-0.2, 0) is 0 Å². The van der Waals surface area contributed by atoms with Gasteiger partial charge >= 0.3 is 0 Å². The third-order valence-corrected chi connectivity index (χ3v) is 4.29. The number of para-hydroxylation sites is 1. The molecule has 2 N–H and O–H groups in total. The number of aromatic nitrogens is 2. The summed E-state index contributed by atoms with van der Waals surface area (Å²) in [5.41, 5.74) is 8.12. The Morgan fingerprint density at radius 3 is 2.53 bits per heavy atom. The van der Waals surface area contributed by atoms with Gasteiger partial charge in [-0.2, -0.15) is 5.10 Å². The first-order chi connectivity index (χ1) is 8.02. The second kappa shape index (κ2) is 4.97. The fourth-order valence-corrected chi connectivity index (χ4v) is 3.02. The number of rotatable bonds is 2. The van der Waals surface area contributed by atoms with Crippen LogP contribution in [0.5, 0.6) is 0 Å². The zero-order chi connectivity index (χ0) is 12.6. The molecule has 1 heterocycles. The normalized spacial score (nSPS) is 11.1. The Hall–Kier alpha value is -0.560. The summed E-state index contributed by atoms with van der Waals surface area (Å²) in [5.74, 6) is 1.06. The minimum absolute atomic E-state index is 0.368. The van der Waals surface area contributed by atoms with Crippen molar-refractivity contribution in [3.63, 3.8) is 0 Å². The van der Waals surface area contributed by atoms with Gasteiger partial charge in [0.25, 0.3) is 0 Å². The highest BCUT2D eigenvalue weighted by molar-refractivity contribution is 14.1. The molecule has 0 aliphatic carbocycles. The summed E-state index contributed by atoms with van der Waals surface area (Å²) >= 11 is 5.77. The Balaban J connectivity index is 2.61. The van der Waals surface area contributed by atoms with Crippen LogP contribution in [-0.4, -0.2) is 9.78 Å². The van der Waals surface area contributed by atoms with Crippen LogP contribution < -0.4 is 5.73 Å². The molecule has 0 bridgehead atoms. The van der Waals surface area contributed by atoms with Crippen LogP contribution >= 0.6 is 38.5 Å². The van der Waals surface area contributed by atoms with E-state index in [9.17, 15) is 0 Å². The third kappa shape index (κ3) is 2.35. The molecule has 90 valence electrons. The second-order valence-electron chi connectivity index (χ2n) is 4.10. The Labute approximate surface area is 123 Å². The van der Waals surface area contributed by atoms with Crippen molar-refractivity contribution in [1.29, 1.82) is 0 Å². The Morgan fingerprint density at radius 1 is 1.35 bits per heavy atom. The van der Waals surface area contributed by atoms with E-state index in [1.807, 2.05) is 24.3 Å². The molecule has 0 aliphatic heterocycles. The van der Waals surface area contributed by atoms with E-state index in [4.69, 9.17) is 5.73 Å². The molecule has 0 spiro atoms. The smallest absolute Gasteiger partial charge is 0.141 e. The molecule has 0 amide bonds. The maximum Gasteiger partial charge on any atom is 0.141 e. The zero-order valence-corrected chi connectivity index (χ0v) is 13.4. The molecule has 0 atom stereocenters. The predicted octanol–water partition coefficient (Wildman–Crippen LogP) is 3.95. The van der Waals surface area contributed by atoms with Gasteiger partial charge in [0.1, 0.15) is 5.82 Å². The van der Waals surface area contributed by atoms with Crippen LogP contribution in [0.1, 0.15) is 25.5 Å². The molecular formula is C12H13BrIN3. The van der Waals surface area contributed by atoms with E-state index in [1.54, 1.807) is 4.68 Å². The molecule has 17 heavy (non-hydrogen) atoms. The van der Waals surface area contributed by atoms with E-state index in [0.717, 1.165) is 19.4 Å². The van der Waals surface area contributed by atoms with E-state index in [2.05, 4.69) is 57.5 Å². The average Bonchev–Trinajstić information content (AvgIpc) is 2.57. The standard InChI is InChI=1S/C12H13BrIN3/c1-7(2)11-10(14)12(15)17(16-11)9-6-4-3-5-8(9)13/h3-7H,15H2,1-2H3. The van der Waals surface area contributed by atoms with Gasteiger partial charge in [0.2, 0.25) is 0 Å². The van der Waals surface area contributed by atoms with Crippen molar-refractivity contribution in [2.24, 2.45) is 0 Å². The van der Waals surface area contributed by atoms with Crippen molar-refractivity contribution < 1.29 is 0 Å². The molecule has 2 rings (SSSR count). The SMILES string of the molecule is CC(C)c1nn(-c2ccccc2Br)c(N)c1I. The molecule has 0 radical (unpaired) electrons. The molecule has 3 nitrogen and oxygen atoms in total. The summed E-state index contributed by atoms with van der Waals surface area (Å²) in [6.45, 7) is 4.24. The lowest BCUT2D eigenvalue weighted by Crippen LogP contribution is -2.03. The Morgan fingerprint density at radius 2 is 2.00 bits per heavy atom. The highest BCUT2D eigenvalue weighted by atomic mass is 127. The van der Waals surface area contributed by atoms with E-state index >= 15 is 0 Å². The summed E-state index contributed by atoms with van der Waals surface area (Å²) in [4.78, 5) is 0. The van der Waals surface area contributed by atoms with Gasteiger partial charge in [-0.05, 0) is 56.6 Å². The molecule has 0 aliphatic rings. The molecule has 0 fully saturated rings. The van der Waals surface area contributed by atoms with Crippen molar-refractivity contribution in [2.75, 3.05) is 5.73 Å². The number of nitrogens with two attached hydrogens (primary N) is 1. The van der Waals surface area contributed by atoms with Gasteiger partial charge in [-0.15, -0.1) is 0 Å². The van der Waals surface area contributed by atoms with Crippen LogP contribution in [0.15, 0.2) is 28.7 Å². The monoisotopic (exact) mass is 405 g/mol. The molecule has 2 aromatic rings. The fraction of sp³-hybridized carbons (Fsp3) is 0.250. The lowest BCUT2D eigenvalue weighted by Gasteiger charge is -2.06. The largest absolute Gasteiger partial charge is 0.383 e. The van der Waals surface area contributed by atoms with Crippen LogP contribution in [0.25, 0.3) is 5.69 Å². The van der Waals surface area contributed by atoms with Gasteiger partial charge < -0.3 is 5.73 Å². The highest BCUT2D eigenvalue weighted by Gasteiger charge is 2.17. The average molecular weight is 406 g/mol. The summed E-state index contributed by atoms with van der Waals surface area (Å²) in [6.07, 6.45) is 0. The van der Waals surface area contributed by atoms with Gasteiger partial charge in [0.05, 0.1) is 15.0 Å². The molecule has 1 aromatic heterocycles. The fourth-order valence-electron chi connectivity index (χ4n) is 1.61. The number of halogens is 2. The molecule has 1 aromatic carbocycles. The van der Waals surface area contributed by atoms with Crippen molar-refractivity contribution >= 4 is 44.3 Å². The number of hydrogen-bond acceptors (Lipinski definition) is 2. The van der Waals surface area contributed by atoms with Crippen LogP contribution in [0.3, 0.4) is 0 Å². The van der Waals surface area contributed by atoms with Crippen molar-refractivity contribution in [3.05, 3.63) is 38.0 Å². The quantitative estimate of drug-likeness (QED) is 0.769. The van der Waals surface area contributed by atoms with Crippen molar-refractivity contribution in [2.45, 2.75) is 19.8 Å². The highest BCUT2D eigenvalue weighted by Crippen LogP contribution is 2.30. The lowest BCUT2D eigenvalue weighted by atomic mass is 10.1. The zero-order valence-electron chi connectivity index (χ0n) is 9.61. The van der Waals surface area contributed by atoms with E-state index in [0.29, 0.717) is 11.7 Å². The van der Waals surface area contributed by atoms with Gasteiger partial charge in [-0.1, -0.05) is 26.0 Å². The minimum atomic E-state index is 0.368. The first-order valence-electron chi connectivity index (χ1n) is 5.31. The summed E-state index contributed by atoms with van der Waals surface area (Å²) < 4.78 is 3.82. The molecule has 0 unspecified atom stereocenters. The van der Waals surface area contributed by atoms with Crippen molar-refractivity contribution in [3.8, 4) is 5.69 Å². The maximum absolute atomic E-state index is 6.11. The van der Waals surface area contributed by atoms with Crippen LogP contribution in [0.2, 0.25) is 0 Å². The third-order valence-electron chi connectivity index (χ3n) is 2.51. The number of hydrogen-bond donors (Lipinski definition) is 1. The van der Waals surface area contributed by atoms with E-state index in [1.165, 1.54) is 0 Å². The lowest BCUT2D eigenvalue weighted by molar-refractivity contribution is 0.767. The first kappa shape index (κ1) is 12.9. The number of benzene rings is 1. The number of anilines is 1. The molecular weight excluding hydrogens is 393 g/mol. The summed E-state index contributed by atoms with van der Waals surface area (Å²) in [5, 5.41) is 4.59. The Bertz CT molecular complexity index is 549. The number of nitrogen functional groups attached to an aromatic ring is 1. The van der Waals surface area contributed by atoms with Crippen LogP contribution in [0.4, 0.5) is 5.82 Å². The predicted molar refractivity (Wildman–Crippen MR) is 82.5 cm³/mol. The second-order valence-corrected chi connectivity index (χ2v) is 6.04. The molecule has 0 saturated heterocycles. The van der Waals surface area contributed by atoms with E-state index in [-0.39, 0.29) is 0 Å². The summed E-state index contributed by atoms with van der Waals surface area (Å²) in [6, 6.07) is 7.93. The molecule has 5 heteroatoms.